The van der Waals surface area contributed by atoms with Crippen molar-refractivity contribution in [2.45, 2.75) is 31.7 Å². The molecule has 1 aliphatic heterocycles. The van der Waals surface area contributed by atoms with Crippen LogP contribution in [0.25, 0.3) is 0 Å². The molecule has 3 nitrogen and oxygen atoms in total. The number of hydrogen-bond acceptors (Lipinski definition) is 2. The van der Waals surface area contributed by atoms with Gasteiger partial charge in [0.1, 0.15) is 0 Å². The number of benzene rings is 1. The molecular weight excluding hydrogens is 236 g/mol. The smallest absolute Gasteiger partial charge is 0.226 e. The van der Waals surface area contributed by atoms with E-state index in [4.69, 9.17) is 5.73 Å². The van der Waals surface area contributed by atoms with Gasteiger partial charge in [0.15, 0.2) is 0 Å². The van der Waals surface area contributed by atoms with E-state index in [-0.39, 0.29) is 12.0 Å². The van der Waals surface area contributed by atoms with Crippen molar-refractivity contribution in [2.75, 3.05) is 13.1 Å². The molecule has 1 saturated carbocycles. The Morgan fingerprint density at radius 2 is 2.11 bits per heavy atom. The maximum absolute atomic E-state index is 12.6. The minimum Gasteiger partial charge on any atom is -0.338 e. The largest absolute Gasteiger partial charge is 0.338 e. The van der Waals surface area contributed by atoms with Crippen LogP contribution in [0.5, 0.6) is 0 Å². The van der Waals surface area contributed by atoms with Crippen LogP contribution < -0.4 is 5.73 Å². The first-order chi connectivity index (χ1) is 9.22. The molecule has 3 heteroatoms. The SMILES string of the molecule is CC1CCN(C(=O)C2CC2c2ccccc2)C1CN. The average Bonchev–Trinajstić information content (AvgIpc) is 3.16. The van der Waals surface area contributed by atoms with Crippen molar-refractivity contribution in [3.63, 3.8) is 0 Å². The molecule has 4 unspecified atom stereocenters. The second kappa shape index (κ2) is 4.97. The molecule has 1 heterocycles. The normalized spacial score (nSPS) is 33.5. The Balaban J connectivity index is 1.67. The summed E-state index contributed by atoms with van der Waals surface area (Å²) in [5.41, 5.74) is 7.13. The van der Waals surface area contributed by atoms with Gasteiger partial charge in [-0.2, -0.15) is 0 Å². The van der Waals surface area contributed by atoms with E-state index in [1.54, 1.807) is 0 Å². The predicted molar refractivity (Wildman–Crippen MR) is 75.6 cm³/mol. The van der Waals surface area contributed by atoms with Crippen LogP contribution in [0, 0.1) is 11.8 Å². The molecule has 3 rings (SSSR count). The topological polar surface area (TPSA) is 46.3 Å². The maximum atomic E-state index is 12.6. The number of rotatable bonds is 3. The molecule has 1 amide bonds. The summed E-state index contributed by atoms with van der Waals surface area (Å²) in [6.45, 7) is 3.68. The van der Waals surface area contributed by atoms with Crippen LogP contribution in [0.4, 0.5) is 0 Å². The monoisotopic (exact) mass is 258 g/mol. The highest BCUT2D eigenvalue weighted by Crippen LogP contribution is 2.49. The third kappa shape index (κ3) is 2.27. The van der Waals surface area contributed by atoms with Crippen LogP contribution >= 0.6 is 0 Å². The molecule has 1 aromatic carbocycles. The fourth-order valence-corrected chi connectivity index (χ4v) is 3.39. The molecule has 2 fully saturated rings. The summed E-state index contributed by atoms with van der Waals surface area (Å²) < 4.78 is 0. The van der Waals surface area contributed by atoms with Crippen LogP contribution in [0.1, 0.15) is 31.2 Å². The molecule has 102 valence electrons. The second-order valence-corrected chi connectivity index (χ2v) is 5.96. The predicted octanol–water partition coefficient (Wildman–Crippen LogP) is 1.99. The maximum Gasteiger partial charge on any atom is 0.226 e. The average molecular weight is 258 g/mol. The molecule has 0 bridgehead atoms. The van der Waals surface area contributed by atoms with Crippen LogP contribution in [0.2, 0.25) is 0 Å². The lowest BCUT2D eigenvalue weighted by Gasteiger charge is -2.26. The minimum absolute atomic E-state index is 0.196. The van der Waals surface area contributed by atoms with E-state index in [0.717, 1.165) is 19.4 Å². The third-order valence-electron chi connectivity index (χ3n) is 4.74. The summed E-state index contributed by atoms with van der Waals surface area (Å²) in [4.78, 5) is 14.6. The number of amides is 1. The number of carbonyl (C=O) groups excluding carboxylic acids is 1. The summed E-state index contributed by atoms with van der Waals surface area (Å²) in [5.74, 6) is 1.50. The van der Waals surface area contributed by atoms with Crippen molar-refractivity contribution in [1.82, 2.24) is 4.90 Å². The van der Waals surface area contributed by atoms with E-state index in [1.807, 2.05) is 11.0 Å². The van der Waals surface area contributed by atoms with Gasteiger partial charge in [-0.15, -0.1) is 0 Å². The lowest BCUT2D eigenvalue weighted by Crippen LogP contribution is -2.43. The van der Waals surface area contributed by atoms with E-state index in [0.29, 0.717) is 24.3 Å². The molecular formula is C16H22N2O. The zero-order chi connectivity index (χ0) is 13.4. The Morgan fingerprint density at radius 3 is 2.79 bits per heavy atom. The highest BCUT2D eigenvalue weighted by atomic mass is 16.2. The molecule has 1 aliphatic carbocycles. The summed E-state index contributed by atoms with van der Waals surface area (Å²) in [6.07, 6.45) is 2.10. The lowest BCUT2D eigenvalue weighted by atomic mass is 10.0. The van der Waals surface area contributed by atoms with Gasteiger partial charge in [-0.3, -0.25) is 4.79 Å². The Morgan fingerprint density at radius 1 is 1.37 bits per heavy atom. The molecule has 0 spiro atoms. The van der Waals surface area contributed by atoms with Gasteiger partial charge in [0.2, 0.25) is 5.91 Å². The summed E-state index contributed by atoms with van der Waals surface area (Å²) >= 11 is 0. The number of likely N-dealkylation sites (tertiary alicyclic amines) is 1. The fraction of sp³-hybridized carbons (Fsp3) is 0.562. The first-order valence-corrected chi connectivity index (χ1v) is 7.28. The van der Waals surface area contributed by atoms with Crippen LogP contribution in [-0.4, -0.2) is 29.9 Å². The van der Waals surface area contributed by atoms with Crippen molar-refractivity contribution in [1.29, 1.82) is 0 Å². The van der Waals surface area contributed by atoms with Crippen molar-refractivity contribution in [2.24, 2.45) is 17.6 Å². The van der Waals surface area contributed by atoms with Crippen molar-refractivity contribution >= 4 is 5.91 Å². The van der Waals surface area contributed by atoms with E-state index in [1.165, 1.54) is 5.56 Å². The van der Waals surface area contributed by atoms with E-state index < -0.39 is 0 Å². The Bertz CT molecular complexity index is 459. The summed E-state index contributed by atoms with van der Waals surface area (Å²) in [6, 6.07) is 10.6. The number of carbonyl (C=O) groups is 1. The molecule has 0 radical (unpaired) electrons. The first-order valence-electron chi connectivity index (χ1n) is 7.28. The minimum atomic E-state index is 0.196. The zero-order valence-electron chi connectivity index (χ0n) is 11.5. The van der Waals surface area contributed by atoms with E-state index in [2.05, 4.69) is 31.2 Å². The molecule has 4 atom stereocenters. The molecule has 2 aliphatic rings. The van der Waals surface area contributed by atoms with Gasteiger partial charge in [-0.25, -0.2) is 0 Å². The number of nitrogens with zero attached hydrogens (tertiary/aromatic N) is 1. The Hall–Kier alpha value is -1.35. The van der Waals surface area contributed by atoms with Gasteiger partial charge in [-0.05, 0) is 30.2 Å². The van der Waals surface area contributed by atoms with Gasteiger partial charge < -0.3 is 10.6 Å². The highest BCUT2D eigenvalue weighted by Gasteiger charge is 2.48. The zero-order valence-corrected chi connectivity index (χ0v) is 11.5. The van der Waals surface area contributed by atoms with E-state index >= 15 is 0 Å². The van der Waals surface area contributed by atoms with E-state index in [9.17, 15) is 4.79 Å². The summed E-state index contributed by atoms with van der Waals surface area (Å²) in [5, 5.41) is 0. The van der Waals surface area contributed by atoms with Gasteiger partial charge >= 0.3 is 0 Å². The van der Waals surface area contributed by atoms with Crippen molar-refractivity contribution in [3.05, 3.63) is 35.9 Å². The second-order valence-electron chi connectivity index (χ2n) is 5.96. The molecule has 1 aromatic rings. The van der Waals surface area contributed by atoms with Crippen molar-refractivity contribution < 1.29 is 4.79 Å². The quantitative estimate of drug-likeness (QED) is 0.901. The van der Waals surface area contributed by atoms with Crippen LogP contribution in [0.3, 0.4) is 0 Å². The molecule has 0 aromatic heterocycles. The summed E-state index contributed by atoms with van der Waals surface area (Å²) in [7, 11) is 0. The number of hydrogen-bond donors (Lipinski definition) is 1. The highest BCUT2D eigenvalue weighted by molar-refractivity contribution is 5.83. The lowest BCUT2D eigenvalue weighted by molar-refractivity contribution is -0.133. The van der Waals surface area contributed by atoms with Crippen molar-refractivity contribution in [3.8, 4) is 0 Å². The molecule has 19 heavy (non-hydrogen) atoms. The van der Waals surface area contributed by atoms with Gasteiger partial charge in [0.25, 0.3) is 0 Å². The van der Waals surface area contributed by atoms with Gasteiger partial charge in [0.05, 0.1) is 0 Å². The molecule has 2 N–H and O–H groups in total. The third-order valence-corrected chi connectivity index (χ3v) is 4.74. The Labute approximate surface area is 114 Å². The fourth-order valence-electron chi connectivity index (χ4n) is 3.39. The standard InChI is InChI=1S/C16H22N2O/c1-11-7-8-18(15(11)10-17)16(19)14-9-13(14)12-5-3-2-4-6-12/h2-6,11,13-15H,7-10,17H2,1H3. The molecule has 1 saturated heterocycles. The Kier molecular flexibility index (Phi) is 3.31. The number of nitrogens with two attached hydrogens (primary N) is 1. The van der Waals surface area contributed by atoms with Gasteiger partial charge in [0, 0.05) is 25.0 Å². The van der Waals surface area contributed by atoms with Crippen LogP contribution in [0.15, 0.2) is 30.3 Å². The first kappa shape index (κ1) is 12.7. The van der Waals surface area contributed by atoms with Gasteiger partial charge in [-0.1, -0.05) is 37.3 Å². The van der Waals surface area contributed by atoms with Crippen LogP contribution in [-0.2, 0) is 4.79 Å².